The Morgan fingerprint density at radius 1 is 0.914 bits per heavy atom. The number of aryl methyl sites for hydroxylation is 1. The van der Waals surface area contributed by atoms with Crippen molar-refractivity contribution in [3.05, 3.63) is 101 Å². The van der Waals surface area contributed by atoms with Gasteiger partial charge in [-0.1, -0.05) is 85.6 Å². The van der Waals surface area contributed by atoms with Gasteiger partial charge in [-0.3, -0.25) is 9.59 Å². The summed E-state index contributed by atoms with van der Waals surface area (Å²) in [5, 5.41) is 3.69. The summed E-state index contributed by atoms with van der Waals surface area (Å²) in [7, 11) is 0. The average molecular weight is 509 g/mol. The molecule has 184 valence electrons. The standard InChI is InChI=1S/C29H33ClN2O2S/c1-21(2)18-31-29(34)27(17-23-7-5-4-6-8-23)32(19-24-11-13-25(30)14-12-24)28(33)20-35-26-15-9-22(3)10-16-26/h4-16,21,27H,17-20H2,1-3H3,(H,31,34)/t27-/m0/s1. The number of rotatable bonds is 11. The van der Waals surface area contributed by atoms with Crippen molar-refractivity contribution in [3.63, 3.8) is 0 Å². The van der Waals surface area contributed by atoms with E-state index in [0.717, 1.165) is 16.0 Å². The lowest BCUT2D eigenvalue weighted by Gasteiger charge is -2.32. The second-order valence-corrected chi connectivity index (χ2v) is 10.6. The number of hydrogen-bond donors (Lipinski definition) is 1. The summed E-state index contributed by atoms with van der Waals surface area (Å²) in [6, 6.07) is 24.8. The molecule has 0 unspecified atom stereocenters. The molecule has 6 heteroatoms. The maximum Gasteiger partial charge on any atom is 0.243 e. The predicted octanol–water partition coefficient (Wildman–Crippen LogP) is 6.15. The highest BCUT2D eigenvalue weighted by atomic mass is 35.5. The highest BCUT2D eigenvalue weighted by molar-refractivity contribution is 8.00. The first-order valence-corrected chi connectivity index (χ1v) is 13.2. The van der Waals surface area contributed by atoms with E-state index < -0.39 is 6.04 Å². The van der Waals surface area contributed by atoms with Crippen LogP contribution in [0.5, 0.6) is 0 Å². The number of nitrogens with one attached hydrogen (secondary N) is 1. The molecule has 0 aliphatic carbocycles. The van der Waals surface area contributed by atoms with E-state index in [1.54, 1.807) is 4.90 Å². The van der Waals surface area contributed by atoms with Gasteiger partial charge >= 0.3 is 0 Å². The lowest BCUT2D eigenvalue weighted by atomic mass is 10.0. The van der Waals surface area contributed by atoms with Gasteiger partial charge in [-0.2, -0.15) is 0 Å². The third-order valence-electron chi connectivity index (χ3n) is 5.61. The number of hydrogen-bond acceptors (Lipinski definition) is 3. The molecule has 0 aliphatic rings. The molecular weight excluding hydrogens is 476 g/mol. The number of thioether (sulfide) groups is 1. The van der Waals surface area contributed by atoms with Crippen LogP contribution >= 0.6 is 23.4 Å². The van der Waals surface area contributed by atoms with Crippen molar-refractivity contribution in [2.75, 3.05) is 12.3 Å². The molecule has 0 bridgehead atoms. The van der Waals surface area contributed by atoms with E-state index in [-0.39, 0.29) is 17.6 Å². The number of nitrogens with zero attached hydrogens (tertiary/aromatic N) is 1. The van der Waals surface area contributed by atoms with Crippen molar-refractivity contribution in [1.29, 1.82) is 0 Å². The summed E-state index contributed by atoms with van der Waals surface area (Å²) < 4.78 is 0. The fourth-order valence-electron chi connectivity index (χ4n) is 3.63. The van der Waals surface area contributed by atoms with E-state index in [1.807, 2.05) is 85.8 Å². The van der Waals surface area contributed by atoms with Crippen LogP contribution in [0.15, 0.2) is 83.8 Å². The Hall–Kier alpha value is -2.76. The lowest BCUT2D eigenvalue weighted by molar-refractivity contribution is -0.139. The highest BCUT2D eigenvalue weighted by Gasteiger charge is 2.30. The van der Waals surface area contributed by atoms with Crippen LogP contribution in [0.4, 0.5) is 0 Å². The summed E-state index contributed by atoms with van der Waals surface area (Å²) in [4.78, 5) is 29.8. The van der Waals surface area contributed by atoms with Gasteiger partial charge in [0, 0.05) is 29.4 Å². The summed E-state index contributed by atoms with van der Waals surface area (Å²) in [6.45, 7) is 7.04. The molecule has 3 aromatic carbocycles. The molecule has 0 aliphatic heterocycles. The molecule has 3 aromatic rings. The summed E-state index contributed by atoms with van der Waals surface area (Å²) in [5.74, 6) is 0.351. The quantitative estimate of drug-likeness (QED) is 0.316. The van der Waals surface area contributed by atoms with E-state index in [4.69, 9.17) is 11.6 Å². The van der Waals surface area contributed by atoms with E-state index in [9.17, 15) is 9.59 Å². The second-order valence-electron chi connectivity index (χ2n) is 9.09. The average Bonchev–Trinajstić information content (AvgIpc) is 2.86. The number of carbonyl (C=O) groups is 2. The molecule has 0 aromatic heterocycles. The maximum atomic E-state index is 13.6. The molecule has 0 saturated heterocycles. The Labute approximate surface area is 218 Å². The van der Waals surface area contributed by atoms with Crippen LogP contribution in [0.3, 0.4) is 0 Å². The Morgan fingerprint density at radius 3 is 2.20 bits per heavy atom. The second kappa shape index (κ2) is 13.4. The molecule has 2 amide bonds. The first-order chi connectivity index (χ1) is 16.8. The number of halogens is 1. The minimum Gasteiger partial charge on any atom is -0.354 e. The van der Waals surface area contributed by atoms with Gasteiger partial charge in [0.05, 0.1) is 5.75 Å². The van der Waals surface area contributed by atoms with Gasteiger partial charge in [-0.15, -0.1) is 11.8 Å². The van der Waals surface area contributed by atoms with Gasteiger partial charge in [0.1, 0.15) is 6.04 Å². The van der Waals surface area contributed by atoms with Crippen molar-refractivity contribution >= 4 is 35.2 Å². The van der Waals surface area contributed by atoms with Crippen molar-refractivity contribution in [1.82, 2.24) is 10.2 Å². The summed E-state index contributed by atoms with van der Waals surface area (Å²) >= 11 is 7.57. The van der Waals surface area contributed by atoms with Crippen molar-refractivity contribution in [2.24, 2.45) is 5.92 Å². The van der Waals surface area contributed by atoms with Crippen molar-refractivity contribution in [3.8, 4) is 0 Å². The molecule has 1 N–H and O–H groups in total. The van der Waals surface area contributed by atoms with Crippen LogP contribution < -0.4 is 5.32 Å². The topological polar surface area (TPSA) is 49.4 Å². The zero-order valence-corrected chi connectivity index (χ0v) is 22.1. The van der Waals surface area contributed by atoms with Crippen LogP contribution in [0, 0.1) is 12.8 Å². The molecule has 0 spiro atoms. The zero-order valence-electron chi connectivity index (χ0n) is 20.5. The molecule has 0 heterocycles. The fraction of sp³-hybridized carbons (Fsp3) is 0.310. The zero-order chi connectivity index (χ0) is 25.2. The van der Waals surface area contributed by atoms with Gasteiger partial charge < -0.3 is 10.2 Å². The van der Waals surface area contributed by atoms with E-state index in [1.165, 1.54) is 17.3 Å². The smallest absolute Gasteiger partial charge is 0.243 e. The van der Waals surface area contributed by atoms with Crippen molar-refractivity contribution < 1.29 is 9.59 Å². The van der Waals surface area contributed by atoms with Crippen LogP contribution in [0.2, 0.25) is 5.02 Å². The van der Waals surface area contributed by atoms with Gasteiger partial charge in [0.15, 0.2) is 0 Å². The third-order valence-corrected chi connectivity index (χ3v) is 6.85. The molecular formula is C29H33ClN2O2S. The molecule has 3 rings (SSSR count). The minimum atomic E-state index is -0.627. The maximum absolute atomic E-state index is 13.6. The summed E-state index contributed by atoms with van der Waals surface area (Å²) in [5.41, 5.74) is 3.12. The van der Waals surface area contributed by atoms with Crippen LogP contribution in [-0.2, 0) is 22.6 Å². The van der Waals surface area contributed by atoms with Gasteiger partial charge in [0.25, 0.3) is 0 Å². The number of benzene rings is 3. The van der Waals surface area contributed by atoms with Crippen LogP contribution in [-0.4, -0.2) is 35.1 Å². The van der Waals surface area contributed by atoms with Crippen molar-refractivity contribution in [2.45, 2.75) is 44.7 Å². The highest BCUT2D eigenvalue weighted by Crippen LogP contribution is 2.22. The van der Waals surface area contributed by atoms with Gasteiger partial charge in [-0.25, -0.2) is 0 Å². The van der Waals surface area contributed by atoms with Crippen LogP contribution in [0.25, 0.3) is 0 Å². The summed E-state index contributed by atoms with van der Waals surface area (Å²) in [6.07, 6.45) is 0.444. The predicted molar refractivity (Wildman–Crippen MR) is 146 cm³/mol. The monoisotopic (exact) mass is 508 g/mol. The molecule has 0 saturated carbocycles. The lowest BCUT2D eigenvalue weighted by Crippen LogP contribution is -2.51. The minimum absolute atomic E-state index is 0.0776. The fourth-order valence-corrected chi connectivity index (χ4v) is 4.54. The first kappa shape index (κ1) is 26.8. The Kier molecular flexibility index (Phi) is 10.2. The van der Waals surface area contributed by atoms with Gasteiger partial charge in [0.2, 0.25) is 11.8 Å². The molecule has 0 radical (unpaired) electrons. The van der Waals surface area contributed by atoms with E-state index >= 15 is 0 Å². The van der Waals surface area contributed by atoms with E-state index in [2.05, 4.69) is 19.2 Å². The van der Waals surface area contributed by atoms with E-state index in [0.29, 0.717) is 30.5 Å². The molecule has 1 atom stereocenters. The first-order valence-electron chi connectivity index (χ1n) is 11.9. The molecule has 35 heavy (non-hydrogen) atoms. The Balaban J connectivity index is 1.88. The number of amides is 2. The number of carbonyl (C=O) groups excluding carboxylic acids is 2. The Bertz CT molecular complexity index is 1090. The SMILES string of the molecule is Cc1ccc(SCC(=O)N(Cc2ccc(Cl)cc2)[C@@H](Cc2ccccc2)C(=O)NCC(C)C)cc1. The van der Waals surface area contributed by atoms with Crippen LogP contribution in [0.1, 0.15) is 30.5 Å². The molecule has 4 nitrogen and oxygen atoms in total. The molecule has 0 fully saturated rings. The Morgan fingerprint density at radius 2 is 1.57 bits per heavy atom. The largest absolute Gasteiger partial charge is 0.354 e. The normalized spacial score (nSPS) is 11.8. The third kappa shape index (κ3) is 8.75. The van der Waals surface area contributed by atoms with Gasteiger partial charge in [-0.05, 0) is 48.2 Å².